The van der Waals surface area contributed by atoms with Gasteiger partial charge < -0.3 is 14.8 Å². The minimum absolute atomic E-state index is 0.258. The molecule has 2 aromatic rings. The van der Waals surface area contributed by atoms with Crippen LogP contribution in [0.15, 0.2) is 46.0 Å². The Balaban J connectivity index is 1.35. The molecule has 1 saturated heterocycles. The van der Waals surface area contributed by atoms with Crippen LogP contribution < -0.4 is 10.1 Å². The molecule has 0 radical (unpaired) electrons. The van der Waals surface area contributed by atoms with Gasteiger partial charge in [-0.05, 0) is 48.4 Å². The molecule has 168 valence electrons. The summed E-state index contributed by atoms with van der Waals surface area (Å²) in [7, 11) is -1.90. The fourth-order valence-corrected chi connectivity index (χ4v) is 5.93. The Bertz CT molecular complexity index is 966. The van der Waals surface area contributed by atoms with E-state index in [9.17, 15) is 18.0 Å². The number of rotatable bonds is 9. The molecule has 0 unspecified atom stereocenters. The fraction of sp³-hybridized carbons (Fsp3) is 0.429. The molecule has 0 bridgehead atoms. The van der Waals surface area contributed by atoms with Crippen LogP contribution in [0.3, 0.4) is 0 Å². The topological polar surface area (TPSA) is 102 Å². The van der Waals surface area contributed by atoms with Crippen LogP contribution in [-0.4, -0.2) is 58.0 Å². The van der Waals surface area contributed by atoms with E-state index in [0.29, 0.717) is 30.0 Å². The monoisotopic (exact) mass is 466 g/mol. The Labute approximate surface area is 186 Å². The van der Waals surface area contributed by atoms with Crippen molar-refractivity contribution in [3.05, 3.63) is 47.3 Å². The van der Waals surface area contributed by atoms with Crippen LogP contribution >= 0.6 is 11.3 Å². The Morgan fingerprint density at radius 2 is 1.87 bits per heavy atom. The molecule has 1 aromatic heterocycles. The highest BCUT2D eigenvalue weighted by Gasteiger charge is 2.33. The lowest BCUT2D eigenvalue weighted by molar-refractivity contribution is -0.153. The summed E-state index contributed by atoms with van der Waals surface area (Å²) in [5, 5.41) is 4.45. The van der Waals surface area contributed by atoms with Crippen LogP contribution in [-0.2, 0) is 30.8 Å². The van der Waals surface area contributed by atoms with Gasteiger partial charge in [0.1, 0.15) is 9.96 Å². The number of thiophene rings is 1. The van der Waals surface area contributed by atoms with Gasteiger partial charge in [-0.15, -0.1) is 11.3 Å². The summed E-state index contributed by atoms with van der Waals surface area (Å²) < 4.78 is 37.0. The number of sulfonamides is 1. The van der Waals surface area contributed by atoms with Gasteiger partial charge >= 0.3 is 5.97 Å². The standard InChI is InChI=1S/C21H26N2O6S2/c1-28-18-6-4-16(5-7-18)8-11-22-19(24)15-29-21(25)17-9-12-23(13-10-17)31(26,27)20-3-2-14-30-20/h2-7,14,17H,8-13,15H2,1H3,(H,22,24). The number of nitrogens with zero attached hydrogens (tertiary/aromatic N) is 1. The van der Waals surface area contributed by atoms with E-state index in [-0.39, 0.29) is 25.6 Å². The summed E-state index contributed by atoms with van der Waals surface area (Å²) in [5.74, 6) is -0.449. The molecule has 0 spiro atoms. The lowest BCUT2D eigenvalue weighted by atomic mass is 9.98. The van der Waals surface area contributed by atoms with Gasteiger partial charge in [-0.3, -0.25) is 9.59 Å². The number of ether oxygens (including phenoxy) is 2. The van der Waals surface area contributed by atoms with E-state index in [4.69, 9.17) is 9.47 Å². The third-order valence-electron chi connectivity index (χ3n) is 5.12. The zero-order chi connectivity index (χ0) is 22.3. The highest BCUT2D eigenvalue weighted by Crippen LogP contribution is 2.26. The predicted molar refractivity (Wildman–Crippen MR) is 116 cm³/mol. The minimum atomic E-state index is -3.50. The molecule has 1 aromatic carbocycles. The smallest absolute Gasteiger partial charge is 0.309 e. The first-order valence-electron chi connectivity index (χ1n) is 10.00. The van der Waals surface area contributed by atoms with Crippen LogP contribution in [0.5, 0.6) is 5.75 Å². The summed E-state index contributed by atoms with van der Waals surface area (Å²) in [6.45, 7) is 0.610. The van der Waals surface area contributed by atoms with Crippen molar-refractivity contribution in [1.29, 1.82) is 0 Å². The molecule has 2 heterocycles. The zero-order valence-corrected chi connectivity index (χ0v) is 18.9. The van der Waals surface area contributed by atoms with Crippen molar-refractivity contribution in [1.82, 2.24) is 9.62 Å². The lowest BCUT2D eigenvalue weighted by Crippen LogP contribution is -2.41. The van der Waals surface area contributed by atoms with Gasteiger partial charge in [-0.2, -0.15) is 4.31 Å². The van der Waals surface area contributed by atoms with Crippen LogP contribution in [0.1, 0.15) is 18.4 Å². The Morgan fingerprint density at radius 1 is 1.16 bits per heavy atom. The van der Waals surface area contributed by atoms with E-state index in [0.717, 1.165) is 11.3 Å². The van der Waals surface area contributed by atoms with E-state index in [1.54, 1.807) is 24.6 Å². The number of carbonyl (C=O) groups is 2. The molecule has 1 aliphatic heterocycles. The van der Waals surface area contributed by atoms with Gasteiger partial charge in [-0.1, -0.05) is 18.2 Å². The van der Waals surface area contributed by atoms with Gasteiger partial charge in [0.15, 0.2) is 6.61 Å². The fourth-order valence-electron chi connectivity index (χ4n) is 3.31. The van der Waals surface area contributed by atoms with E-state index in [2.05, 4.69) is 5.32 Å². The average Bonchev–Trinajstić information content (AvgIpc) is 3.34. The van der Waals surface area contributed by atoms with Gasteiger partial charge in [-0.25, -0.2) is 8.42 Å². The zero-order valence-electron chi connectivity index (χ0n) is 17.3. The van der Waals surface area contributed by atoms with Crippen molar-refractivity contribution in [3.63, 3.8) is 0 Å². The SMILES string of the molecule is COc1ccc(CCNC(=O)COC(=O)C2CCN(S(=O)(=O)c3cccs3)CC2)cc1. The number of amides is 1. The molecular formula is C21H26N2O6S2. The van der Waals surface area contributed by atoms with Gasteiger partial charge in [0.25, 0.3) is 15.9 Å². The molecule has 0 aliphatic carbocycles. The lowest BCUT2D eigenvalue weighted by Gasteiger charge is -2.29. The van der Waals surface area contributed by atoms with Crippen LogP contribution in [0.2, 0.25) is 0 Å². The Kier molecular flexibility index (Phi) is 8.05. The highest BCUT2D eigenvalue weighted by atomic mass is 32.2. The summed E-state index contributed by atoms with van der Waals surface area (Å²) in [6.07, 6.45) is 1.41. The quantitative estimate of drug-likeness (QED) is 0.568. The Morgan fingerprint density at radius 3 is 2.48 bits per heavy atom. The molecule has 3 rings (SSSR count). The molecule has 1 fully saturated rings. The summed E-state index contributed by atoms with van der Waals surface area (Å²) >= 11 is 1.18. The third kappa shape index (κ3) is 6.28. The molecular weight excluding hydrogens is 440 g/mol. The number of methoxy groups -OCH3 is 1. The number of benzene rings is 1. The molecule has 0 saturated carbocycles. The predicted octanol–water partition coefficient (Wildman–Crippen LogP) is 2.06. The van der Waals surface area contributed by atoms with Crippen LogP contribution in [0, 0.1) is 5.92 Å². The van der Waals surface area contributed by atoms with E-state index in [1.807, 2.05) is 24.3 Å². The minimum Gasteiger partial charge on any atom is -0.497 e. The van der Waals surface area contributed by atoms with Crippen LogP contribution in [0.25, 0.3) is 0 Å². The maximum Gasteiger partial charge on any atom is 0.309 e. The first-order valence-corrected chi connectivity index (χ1v) is 12.3. The summed E-state index contributed by atoms with van der Waals surface area (Å²) in [4.78, 5) is 24.2. The Hall–Kier alpha value is -2.43. The molecule has 1 amide bonds. The molecule has 1 aliphatic rings. The molecule has 0 atom stereocenters. The number of hydrogen-bond acceptors (Lipinski definition) is 7. The maximum absolute atomic E-state index is 12.5. The van der Waals surface area contributed by atoms with Gasteiger partial charge in [0, 0.05) is 19.6 Å². The van der Waals surface area contributed by atoms with Gasteiger partial charge in [0.2, 0.25) is 0 Å². The maximum atomic E-state index is 12.5. The van der Waals surface area contributed by atoms with Crippen LogP contribution in [0.4, 0.5) is 0 Å². The van der Waals surface area contributed by atoms with Crippen molar-refractivity contribution in [2.24, 2.45) is 5.92 Å². The van der Waals surface area contributed by atoms with Crippen molar-refractivity contribution in [2.75, 3.05) is 33.4 Å². The number of carbonyl (C=O) groups excluding carboxylic acids is 2. The molecule has 31 heavy (non-hydrogen) atoms. The first-order chi connectivity index (χ1) is 14.9. The van der Waals surface area contributed by atoms with Crippen molar-refractivity contribution in [3.8, 4) is 5.75 Å². The van der Waals surface area contributed by atoms with E-state index >= 15 is 0 Å². The molecule has 1 N–H and O–H groups in total. The second kappa shape index (κ2) is 10.7. The second-order valence-electron chi connectivity index (χ2n) is 7.17. The van der Waals surface area contributed by atoms with Gasteiger partial charge in [0.05, 0.1) is 13.0 Å². The summed E-state index contributed by atoms with van der Waals surface area (Å²) in [5.41, 5.74) is 1.06. The largest absolute Gasteiger partial charge is 0.497 e. The van der Waals surface area contributed by atoms with E-state index in [1.165, 1.54) is 15.6 Å². The number of esters is 1. The molecule has 10 heteroatoms. The van der Waals surface area contributed by atoms with Crippen molar-refractivity contribution < 1.29 is 27.5 Å². The number of hydrogen-bond donors (Lipinski definition) is 1. The number of nitrogens with one attached hydrogen (secondary N) is 1. The molecule has 8 nitrogen and oxygen atoms in total. The van der Waals surface area contributed by atoms with Crippen molar-refractivity contribution in [2.45, 2.75) is 23.5 Å². The first kappa shape index (κ1) is 23.2. The third-order valence-corrected chi connectivity index (χ3v) is 8.39. The second-order valence-corrected chi connectivity index (χ2v) is 10.3. The van der Waals surface area contributed by atoms with E-state index < -0.39 is 21.9 Å². The number of piperidine rings is 1. The highest BCUT2D eigenvalue weighted by molar-refractivity contribution is 7.91. The average molecular weight is 467 g/mol. The normalized spacial score (nSPS) is 15.4. The van der Waals surface area contributed by atoms with Crippen molar-refractivity contribution >= 4 is 33.2 Å². The summed E-state index contributed by atoms with van der Waals surface area (Å²) in [6, 6.07) is 10.8.